The third-order valence-corrected chi connectivity index (χ3v) is 4.81. The van der Waals surface area contributed by atoms with Crippen LogP contribution < -0.4 is 0 Å². The summed E-state index contributed by atoms with van der Waals surface area (Å²) in [6, 6.07) is 0.720. The zero-order chi connectivity index (χ0) is 15.2. The minimum Gasteiger partial charge on any atom is -0.375 e. The molecule has 2 saturated heterocycles. The normalized spacial score (nSPS) is 23.8. The SMILES string of the molecule is CCC(=O)CN1CCC(N2CCC(OC(C)C)CC2)CC1. The summed E-state index contributed by atoms with van der Waals surface area (Å²) < 4.78 is 5.93. The van der Waals surface area contributed by atoms with Crippen LogP contribution in [0.3, 0.4) is 0 Å². The summed E-state index contributed by atoms with van der Waals surface area (Å²) in [5.74, 6) is 0.375. The Balaban J connectivity index is 1.68. The molecule has 4 nitrogen and oxygen atoms in total. The Morgan fingerprint density at radius 1 is 1.10 bits per heavy atom. The van der Waals surface area contributed by atoms with Crippen LogP contribution in [0, 0.1) is 0 Å². The van der Waals surface area contributed by atoms with Gasteiger partial charge in [0.25, 0.3) is 0 Å². The molecule has 0 aromatic rings. The summed E-state index contributed by atoms with van der Waals surface area (Å²) in [6.45, 7) is 11.4. The summed E-state index contributed by atoms with van der Waals surface area (Å²) in [5, 5.41) is 0. The molecular weight excluding hydrogens is 264 g/mol. The number of hydrogen-bond acceptors (Lipinski definition) is 4. The van der Waals surface area contributed by atoms with Crippen molar-refractivity contribution in [2.45, 2.75) is 71.1 Å². The van der Waals surface area contributed by atoms with E-state index in [2.05, 4.69) is 23.6 Å². The maximum Gasteiger partial charge on any atom is 0.146 e. The van der Waals surface area contributed by atoms with E-state index in [4.69, 9.17) is 4.74 Å². The van der Waals surface area contributed by atoms with Gasteiger partial charge < -0.3 is 9.64 Å². The number of carbonyl (C=O) groups excluding carboxylic acids is 1. The zero-order valence-electron chi connectivity index (χ0n) is 14.0. The second-order valence-corrected chi connectivity index (χ2v) is 6.82. The van der Waals surface area contributed by atoms with Crippen molar-refractivity contribution in [2.24, 2.45) is 0 Å². The van der Waals surface area contributed by atoms with Crippen molar-refractivity contribution in [1.82, 2.24) is 9.80 Å². The molecule has 0 unspecified atom stereocenters. The molecule has 2 heterocycles. The van der Waals surface area contributed by atoms with Crippen LogP contribution in [-0.4, -0.2) is 66.6 Å². The molecular formula is C17H32N2O2. The van der Waals surface area contributed by atoms with Crippen LogP contribution in [0.2, 0.25) is 0 Å². The molecule has 0 bridgehead atoms. The summed E-state index contributed by atoms with van der Waals surface area (Å²) in [6.07, 6.45) is 6.26. The largest absolute Gasteiger partial charge is 0.375 e. The molecule has 0 aromatic carbocycles. The molecule has 2 aliphatic rings. The van der Waals surface area contributed by atoms with Gasteiger partial charge in [-0.25, -0.2) is 0 Å². The zero-order valence-corrected chi connectivity index (χ0v) is 14.0. The van der Waals surface area contributed by atoms with Gasteiger partial charge in [-0.05, 0) is 39.5 Å². The molecule has 0 atom stereocenters. The number of carbonyl (C=O) groups is 1. The van der Waals surface area contributed by atoms with E-state index in [0.717, 1.165) is 19.1 Å². The number of ketones is 1. The average molecular weight is 296 g/mol. The Hall–Kier alpha value is -0.450. The lowest BCUT2D eigenvalue weighted by atomic mass is 9.98. The van der Waals surface area contributed by atoms with Crippen molar-refractivity contribution in [3.05, 3.63) is 0 Å². The van der Waals surface area contributed by atoms with E-state index in [1.54, 1.807) is 0 Å². The Morgan fingerprint density at radius 2 is 1.71 bits per heavy atom. The van der Waals surface area contributed by atoms with E-state index in [0.29, 0.717) is 31.0 Å². The maximum atomic E-state index is 11.5. The lowest BCUT2D eigenvalue weighted by Crippen LogP contribution is -2.49. The smallest absolute Gasteiger partial charge is 0.146 e. The van der Waals surface area contributed by atoms with Crippen LogP contribution in [0.25, 0.3) is 0 Å². The fourth-order valence-electron chi connectivity index (χ4n) is 3.57. The minimum absolute atomic E-state index is 0.348. The highest BCUT2D eigenvalue weighted by Gasteiger charge is 2.28. The van der Waals surface area contributed by atoms with Crippen LogP contribution >= 0.6 is 0 Å². The lowest BCUT2D eigenvalue weighted by Gasteiger charge is -2.41. The molecule has 21 heavy (non-hydrogen) atoms. The van der Waals surface area contributed by atoms with Gasteiger partial charge in [0.05, 0.1) is 18.8 Å². The van der Waals surface area contributed by atoms with Crippen molar-refractivity contribution >= 4 is 5.78 Å². The van der Waals surface area contributed by atoms with Gasteiger partial charge in [-0.1, -0.05) is 6.92 Å². The van der Waals surface area contributed by atoms with E-state index >= 15 is 0 Å². The van der Waals surface area contributed by atoms with Crippen LogP contribution in [0.5, 0.6) is 0 Å². The van der Waals surface area contributed by atoms with E-state index in [1.807, 2.05) is 6.92 Å². The highest BCUT2D eigenvalue weighted by atomic mass is 16.5. The monoisotopic (exact) mass is 296 g/mol. The maximum absolute atomic E-state index is 11.5. The molecule has 0 spiro atoms. The molecule has 2 rings (SSSR count). The van der Waals surface area contributed by atoms with Gasteiger partial charge in [0.15, 0.2) is 0 Å². The number of nitrogens with zero attached hydrogens (tertiary/aromatic N) is 2. The molecule has 2 fully saturated rings. The second kappa shape index (κ2) is 8.25. The Labute approximate surface area is 129 Å². The fourth-order valence-corrected chi connectivity index (χ4v) is 3.57. The molecule has 2 aliphatic heterocycles. The number of hydrogen-bond donors (Lipinski definition) is 0. The third kappa shape index (κ3) is 5.35. The van der Waals surface area contributed by atoms with E-state index in [1.165, 1.54) is 38.8 Å². The van der Waals surface area contributed by atoms with Gasteiger partial charge in [-0.2, -0.15) is 0 Å². The number of ether oxygens (including phenoxy) is 1. The predicted octanol–water partition coefficient (Wildman–Crippen LogP) is 2.32. The molecule has 0 aliphatic carbocycles. The van der Waals surface area contributed by atoms with Crippen LogP contribution in [0.1, 0.15) is 52.9 Å². The fraction of sp³-hybridized carbons (Fsp3) is 0.941. The third-order valence-electron chi connectivity index (χ3n) is 4.81. The molecule has 0 saturated carbocycles. The average Bonchev–Trinajstić information content (AvgIpc) is 2.48. The molecule has 122 valence electrons. The standard InChI is InChI=1S/C17H32N2O2/c1-4-16(20)13-18-9-5-15(6-10-18)19-11-7-17(8-12-19)21-14(2)3/h14-15,17H,4-13H2,1-3H3. The van der Waals surface area contributed by atoms with Crippen LogP contribution in [0.4, 0.5) is 0 Å². The number of likely N-dealkylation sites (tertiary alicyclic amines) is 2. The number of Topliss-reactive ketones (excluding diaryl/α,β-unsaturated/α-hetero) is 1. The highest BCUT2D eigenvalue weighted by molar-refractivity contribution is 5.80. The van der Waals surface area contributed by atoms with Crippen LogP contribution in [-0.2, 0) is 9.53 Å². The Morgan fingerprint density at radius 3 is 2.24 bits per heavy atom. The summed E-state index contributed by atoms with van der Waals surface area (Å²) in [5.41, 5.74) is 0. The Kier molecular flexibility index (Phi) is 6.65. The minimum atomic E-state index is 0.348. The molecule has 4 heteroatoms. The van der Waals surface area contributed by atoms with Crippen molar-refractivity contribution in [1.29, 1.82) is 0 Å². The Bertz CT molecular complexity index is 317. The first-order chi connectivity index (χ1) is 10.1. The van der Waals surface area contributed by atoms with E-state index in [9.17, 15) is 4.79 Å². The first-order valence-electron chi connectivity index (χ1n) is 8.72. The van der Waals surface area contributed by atoms with Gasteiger partial charge in [0.2, 0.25) is 0 Å². The highest BCUT2D eigenvalue weighted by Crippen LogP contribution is 2.22. The van der Waals surface area contributed by atoms with Gasteiger partial charge in [0.1, 0.15) is 5.78 Å². The van der Waals surface area contributed by atoms with E-state index in [-0.39, 0.29) is 0 Å². The van der Waals surface area contributed by atoms with Gasteiger partial charge in [0, 0.05) is 38.6 Å². The van der Waals surface area contributed by atoms with Crippen molar-refractivity contribution in [3.8, 4) is 0 Å². The van der Waals surface area contributed by atoms with Gasteiger partial charge in [-0.15, -0.1) is 0 Å². The summed E-state index contributed by atoms with van der Waals surface area (Å²) in [4.78, 5) is 16.5. The predicted molar refractivity (Wildman–Crippen MR) is 85.6 cm³/mol. The number of rotatable bonds is 6. The van der Waals surface area contributed by atoms with Crippen molar-refractivity contribution < 1.29 is 9.53 Å². The molecule has 0 aromatic heterocycles. The number of piperidine rings is 2. The molecule has 0 amide bonds. The van der Waals surface area contributed by atoms with E-state index < -0.39 is 0 Å². The topological polar surface area (TPSA) is 32.8 Å². The first kappa shape index (κ1) is 16.9. The van der Waals surface area contributed by atoms with Gasteiger partial charge in [-0.3, -0.25) is 9.69 Å². The second-order valence-electron chi connectivity index (χ2n) is 6.82. The summed E-state index contributed by atoms with van der Waals surface area (Å²) in [7, 11) is 0. The molecule has 0 N–H and O–H groups in total. The van der Waals surface area contributed by atoms with Crippen LogP contribution in [0.15, 0.2) is 0 Å². The summed E-state index contributed by atoms with van der Waals surface area (Å²) >= 11 is 0. The quantitative estimate of drug-likeness (QED) is 0.753. The lowest BCUT2D eigenvalue weighted by molar-refractivity contribution is -0.120. The first-order valence-corrected chi connectivity index (χ1v) is 8.72. The van der Waals surface area contributed by atoms with Crippen molar-refractivity contribution in [2.75, 3.05) is 32.7 Å². The molecule has 0 radical (unpaired) electrons. The van der Waals surface area contributed by atoms with Gasteiger partial charge >= 0.3 is 0 Å². The van der Waals surface area contributed by atoms with Crippen molar-refractivity contribution in [3.63, 3.8) is 0 Å².